The lowest BCUT2D eigenvalue weighted by Gasteiger charge is -2.31. The zero-order chi connectivity index (χ0) is 27.9. The quantitative estimate of drug-likeness (QED) is 0.329. The van der Waals surface area contributed by atoms with Gasteiger partial charge in [-0.1, -0.05) is 49.4 Å². The molecule has 0 spiro atoms. The molecule has 202 valence electrons. The number of nitrogens with zero attached hydrogens (tertiary/aromatic N) is 1. The van der Waals surface area contributed by atoms with Crippen LogP contribution in [0.2, 0.25) is 0 Å². The van der Waals surface area contributed by atoms with Gasteiger partial charge in [0.15, 0.2) is 11.5 Å². The first kappa shape index (κ1) is 28.6. The number of halogens is 3. The Hall–Kier alpha value is -4.01. The fourth-order valence-corrected chi connectivity index (χ4v) is 4.48. The average molecular weight is 529 g/mol. The van der Waals surface area contributed by atoms with Gasteiger partial charge in [0.1, 0.15) is 5.92 Å². The number of amides is 2. The summed E-state index contributed by atoms with van der Waals surface area (Å²) in [6.45, 7) is 1.97. The molecule has 2 N–H and O–H groups in total. The van der Waals surface area contributed by atoms with Crippen molar-refractivity contribution in [2.24, 2.45) is 11.7 Å². The summed E-state index contributed by atoms with van der Waals surface area (Å²) in [7, 11) is 2.95. The van der Waals surface area contributed by atoms with Crippen molar-refractivity contribution in [3.63, 3.8) is 0 Å². The number of alkyl halides is 3. The Kier molecular flexibility index (Phi) is 9.39. The summed E-state index contributed by atoms with van der Waals surface area (Å²) in [5.41, 5.74) is 6.89. The van der Waals surface area contributed by atoms with E-state index in [0.29, 0.717) is 29.2 Å². The highest BCUT2D eigenvalue weighted by atomic mass is 19.4. The fraction of sp³-hybridized carbons (Fsp3) is 0.310. The standard InChI is InChI=1S/C29H31F3N2O4/c1-4-23(20-8-6-5-7-9-20)26(27(33)35)28(36)34(22-14-15-24(37-2)25(18-22)38-3)17-16-19-10-12-21(13-11-19)29(30,31)32/h5-15,18,23,26H,4,16-17H2,1-3H3,(H2,33,35). The van der Waals surface area contributed by atoms with E-state index >= 15 is 0 Å². The van der Waals surface area contributed by atoms with Crippen molar-refractivity contribution in [2.45, 2.75) is 31.9 Å². The molecular weight excluding hydrogens is 497 g/mol. The Morgan fingerprint density at radius 3 is 2.08 bits per heavy atom. The second kappa shape index (κ2) is 12.5. The number of methoxy groups -OCH3 is 2. The van der Waals surface area contributed by atoms with Crippen LogP contribution in [-0.2, 0) is 22.2 Å². The number of benzene rings is 3. The molecule has 2 atom stereocenters. The largest absolute Gasteiger partial charge is 0.493 e. The molecule has 0 aliphatic rings. The molecule has 0 saturated carbocycles. The van der Waals surface area contributed by atoms with Crippen molar-refractivity contribution in [1.29, 1.82) is 0 Å². The van der Waals surface area contributed by atoms with Crippen molar-refractivity contribution in [2.75, 3.05) is 25.7 Å². The summed E-state index contributed by atoms with van der Waals surface area (Å²) in [4.78, 5) is 28.2. The van der Waals surface area contributed by atoms with Crippen LogP contribution < -0.4 is 20.1 Å². The number of hydrogen-bond acceptors (Lipinski definition) is 4. The molecule has 2 unspecified atom stereocenters. The number of rotatable bonds is 11. The van der Waals surface area contributed by atoms with Gasteiger partial charge in [0.25, 0.3) is 0 Å². The zero-order valence-electron chi connectivity index (χ0n) is 21.5. The van der Waals surface area contributed by atoms with Gasteiger partial charge >= 0.3 is 6.18 Å². The van der Waals surface area contributed by atoms with Crippen LogP contribution in [0.5, 0.6) is 11.5 Å². The molecule has 6 nitrogen and oxygen atoms in total. The second-order valence-corrected chi connectivity index (χ2v) is 8.78. The monoisotopic (exact) mass is 528 g/mol. The third-order valence-corrected chi connectivity index (χ3v) is 6.49. The van der Waals surface area contributed by atoms with Gasteiger partial charge in [-0.2, -0.15) is 13.2 Å². The Balaban J connectivity index is 2.00. The highest BCUT2D eigenvalue weighted by Crippen LogP contribution is 2.35. The zero-order valence-corrected chi connectivity index (χ0v) is 21.5. The maximum atomic E-state index is 14.0. The molecule has 3 aromatic carbocycles. The van der Waals surface area contributed by atoms with Crippen LogP contribution in [-0.4, -0.2) is 32.6 Å². The maximum Gasteiger partial charge on any atom is 0.416 e. The first-order valence-corrected chi connectivity index (χ1v) is 12.1. The molecule has 0 aromatic heterocycles. The van der Waals surface area contributed by atoms with Crippen LogP contribution in [0.25, 0.3) is 0 Å². The molecule has 2 amide bonds. The molecule has 38 heavy (non-hydrogen) atoms. The first-order chi connectivity index (χ1) is 18.1. The summed E-state index contributed by atoms with van der Waals surface area (Å²) >= 11 is 0. The van der Waals surface area contributed by atoms with Gasteiger partial charge in [-0.15, -0.1) is 0 Å². The van der Waals surface area contributed by atoms with Crippen molar-refractivity contribution in [3.05, 3.63) is 89.5 Å². The smallest absolute Gasteiger partial charge is 0.416 e. The van der Waals surface area contributed by atoms with E-state index < -0.39 is 35.4 Å². The van der Waals surface area contributed by atoms with Crippen molar-refractivity contribution < 1.29 is 32.2 Å². The minimum absolute atomic E-state index is 0.0919. The summed E-state index contributed by atoms with van der Waals surface area (Å²) in [6.07, 6.45) is -3.71. The van der Waals surface area contributed by atoms with Crippen LogP contribution in [0.15, 0.2) is 72.8 Å². The van der Waals surface area contributed by atoms with Gasteiger partial charge in [0.2, 0.25) is 11.8 Å². The molecule has 0 bridgehead atoms. The molecule has 0 aliphatic heterocycles. The Morgan fingerprint density at radius 1 is 0.921 bits per heavy atom. The Morgan fingerprint density at radius 2 is 1.55 bits per heavy atom. The highest BCUT2D eigenvalue weighted by molar-refractivity contribution is 6.08. The highest BCUT2D eigenvalue weighted by Gasteiger charge is 2.37. The predicted octanol–water partition coefficient (Wildman–Crippen LogP) is 5.59. The van der Waals surface area contributed by atoms with Crippen LogP contribution in [0.1, 0.15) is 36.0 Å². The topological polar surface area (TPSA) is 81.9 Å². The summed E-state index contributed by atoms with van der Waals surface area (Å²) in [6, 6.07) is 18.9. The second-order valence-electron chi connectivity index (χ2n) is 8.78. The molecule has 3 rings (SSSR count). The molecule has 0 radical (unpaired) electrons. The molecule has 0 fully saturated rings. The van der Waals surface area contributed by atoms with E-state index in [1.165, 1.54) is 31.3 Å². The third kappa shape index (κ3) is 6.65. The number of ether oxygens (including phenoxy) is 2. The molecule has 0 aliphatic carbocycles. The molecule has 9 heteroatoms. The van der Waals surface area contributed by atoms with E-state index in [1.807, 2.05) is 37.3 Å². The number of hydrogen-bond donors (Lipinski definition) is 1. The van der Waals surface area contributed by atoms with Crippen molar-refractivity contribution in [1.82, 2.24) is 0 Å². The minimum atomic E-state index is -4.44. The van der Waals surface area contributed by atoms with Gasteiger partial charge in [-0.3, -0.25) is 9.59 Å². The summed E-state index contributed by atoms with van der Waals surface area (Å²) in [5.74, 6) is -2.06. The predicted molar refractivity (Wildman–Crippen MR) is 139 cm³/mol. The average Bonchev–Trinajstić information content (AvgIpc) is 2.91. The van der Waals surface area contributed by atoms with Gasteiger partial charge in [0, 0.05) is 24.2 Å². The van der Waals surface area contributed by atoms with Crippen LogP contribution in [0.3, 0.4) is 0 Å². The van der Waals surface area contributed by atoms with E-state index in [-0.39, 0.29) is 13.0 Å². The van der Waals surface area contributed by atoms with E-state index in [9.17, 15) is 22.8 Å². The number of carbonyl (C=O) groups is 2. The van der Waals surface area contributed by atoms with Gasteiger partial charge in [-0.25, -0.2) is 0 Å². The SMILES string of the molecule is CCC(c1ccccc1)C(C(N)=O)C(=O)N(CCc1ccc(C(F)(F)F)cc1)c1ccc(OC)c(OC)c1. The van der Waals surface area contributed by atoms with Crippen molar-refractivity contribution >= 4 is 17.5 Å². The molecular formula is C29H31F3N2O4. The normalized spacial score (nSPS) is 12.9. The van der Waals surface area contributed by atoms with E-state index in [0.717, 1.165) is 17.7 Å². The van der Waals surface area contributed by atoms with Crippen LogP contribution >= 0.6 is 0 Å². The number of anilines is 1. The van der Waals surface area contributed by atoms with Crippen LogP contribution in [0.4, 0.5) is 18.9 Å². The fourth-order valence-electron chi connectivity index (χ4n) is 4.48. The summed E-state index contributed by atoms with van der Waals surface area (Å²) < 4.78 is 49.7. The molecule has 3 aromatic rings. The lowest BCUT2D eigenvalue weighted by Crippen LogP contribution is -2.45. The number of primary amides is 1. The maximum absolute atomic E-state index is 14.0. The summed E-state index contributed by atoms with van der Waals surface area (Å²) in [5, 5.41) is 0. The first-order valence-electron chi connectivity index (χ1n) is 12.1. The van der Waals surface area contributed by atoms with Crippen molar-refractivity contribution in [3.8, 4) is 11.5 Å². The van der Waals surface area contributed by atoms with Gasteiger partial charge < -0.3 is 20.1 Å². The van der Waals surface area contributed by atoms with E-state index in [1.54, 1.807) is 18.2 Å². The van der Waals surface area contributed by atoms with Gasteiger partial charge in [0.05, 0.1) is 19.8 Å². The van der Waals surface area contributed by atoms with E-state index in [2.05, 4.69) is 0 Å². The molecule has 0 saturated heterocycles. The minimum Gasteiger partial charge on any atom is -0.493 e. The van der Waals surface area contributed by atoms with E-state index in [4.69, 9.17) is 15.2 Å². The third-order valence-electron chi connectivity index (χ3n) is 6.49. The number of nitrogens with two attached hydrogens (primary N) is 1. The van der Waals surface area contributed by atoms with Gasteiger partial charge in [-0.05, 0) is 48.2 Å². The Labute approximate surface area is 220 Å². The van der Waals surface area contributed by atoms with Crippen LogP contribution in [0, 0.1) is 5.92 Å². The molecule has 0 heterocycles. The Bertz CT molecular complexity index is 1230. The lowest BCUT2D eigenvalue weighted by molar-refractivity contribution is -0.137. The number of carbonyl (C=O) groups excluding carboxylic acids is 2. The lowest BCUT2D eigenvalue weighted by atomic mass is 9.82.